The Hall–Kier alpha value is -3.87. The molecule has 0 atom stereocenters. The van der Waals surface area contributed by atoms with Crippen LogP contribution in [0, 0.1) is 20.2 Å². The minimum Gasteiger partial charge on any atom is -0.289 e. The molecule has 0 N–H and O–H groups in total. The molecule has 26 heavy (non-hydrogen) atoms. The van der Waals surface area contributed by atoms with Crippen LogP contribution in [-0.4, -0.2) is 15.6 Å². The normalized spacial score (nSPS) is 11.8. The highest BCUT2D eigenvalue weighted by atomic mass is 16.6. The van der Waals surface area contributed by atoms with Crippen LogP contribution < -0.4 is 0 Å². The van der Waals surface area contributed by atoms with Gasteiger partial charge in [-0.15, -0.1) is 0 Å². The van der Waals surface area contributed by atoms with Gasteiger partial charge in [-0.3, -0.25) is 25.0 Å². The zero-order valence-corrected chi connectivity index (χ0v) is 13.2. The number of hydrogen-bond acceptors (Lipinski definition) is 5. The van der Waals surface area contributed by atoms with Crippen molar-refractivity contribution in [2.75, 3.05) is 0 Å². The quantitative estimate of drug-likeness (QED) is 0.404. The molecule has 0 aromatic heterocycles. The minimum atomic E-state index is -0.556. The summed E-state index contributed by atoms with van der Waals surface area (Å²) in [5.41, 5.74) is 2.29. The molecule has 0 aliphatic heterocycles. The van der Waals surface area contributed by atoms with E-state index in [1.54, 1.807) is 42.5 Å². The molecule has 1 aliphatic rings. The van der Waals surface area contributed by atoms with Gasteiger partial charge in [0.05, 0.1) is 15.4 Å². The van der Waals surface area contributed by atoms with E-state index in [9.17, 15) is 25.0 Å². The molecule has 0 unspecified atom stereocenters. The zero-order valence-electron chi connectivity index (χ0n) is 13.2. The molecule has 0 saturated heterocycles. The molecule has 0 spiro atoms. The first-order chi connectivity index (χ1) is 12.5. The van der Waals surface area contributed by atoms with Gasteiger partial charge in [0.15, 0.2) is 5.78 Å². The number of rotatable bonds is 3. The average Bonchev–Trinajstić information content (AvgIpc) is 2.94. The summed E-state index contributed by atoms with van der Waals surface area (Å²) in [6.07, 6.45) is 0. The van der Waals surface area contributed by atoms with E-state index in [1.165, 1.54) is 18.2 Å². The van der Waals surface area contributed by atoms with Gasteiger partial charge in [0, 0.05) is 34.9 Å². The fraction of sp³-hybridized carbons (Fsp3) is 0. The maximum atomic E-state index is 12.9. The Balaban J connectivity index is 1.97. The monoisotopic (exact) mass is 346 g/mol. The molecule has 3 aromatic rings. The Morgan fingerprint density at radius 2 is 1.31 bits per heavy atom. The second-order valence-electron chi connectivity index (χ2n) is 5.82. The third kappa shape index (κ3) is 2.18. The lowest BCUT2D eigenvalue weighted by molar-refractivity contribution is -0.384. The van der Waals surface area contributed by atoms with E-state index >= 15 is 0 Å². The van der Waals surface area contributed by atoms with E-state index in [1.807, 2.05) is 0 Å². The van der Waals surface area contributed by atoms with Gasteiger partial charge in [0.1, 0.15) is 0 Å². The van der Waals surface area contributed by atoms with Crippen LogP contribution in [0.4, 0.5) is 11.4 Å². The number of nitro groups is 2. The first-order valence-electron chi connectivity index (χ1n) is 7.69. The fourth-order valence-electron chi connectivity index (χ4n) is 3.31. The van der Waals surface area contributed by atoms with E-state index in [2.05, 4.69) is 0 Å². The first kappa shape index (κ1) is 15.6. The standard InChI is InChI=1S/C19H10N2O5/c22-19-16-10-11(20(23)24)8-9-12(16)14-5-3-6-15(18(14)19)13-4-1-2-7-17(13)21(25)26/h1-10H. The highest BCUT2D eigenvalue weighted by Gasteiger charge is 2.32. The van der Waals surface area contributed by atoms with Gasteiger partial charge in [0.2, 0.25) is 0 Å². The largest absolute Gasteiger partial charge is 0.289 e. The third-order valence-corrected chi connectivity index (χ3v) is 4.43. The molecular weight excluding hydrogens is 336 g/mol. The maximum absolute atomic E-state index is 12.9. The number of para-hydroxylation sites is 1. The molecule has 7 heteroatoms. The lowest BCUT2D eigenvalue weighted by Crippen LogP contribution is -2.00. The zero-order chi connectivity index (χ0) is 18.4. The Labute approximate surface area is 146 Å². The fourth-order valence-corrected chi connectivity index (χ4v) is 3.31. The third-order valence-electron chi connectivity index (χ3n) is 4.43. The maximum Gasteiger partial charge on any atom is 0.277 e. The summed E-state index contributed by atoms with van der Waals surface area (Å²) in [5, 5.41) is 22.4. The lowest BCUT2D eigenvalue weighted by atomic mass is 9.94. The van der Waals surface area contributed by atoms with Crippen molar-refractivity contribution in [3.63, 3.8) is 0 Å². The van der Waals surface area contributed by atoms with Gasteiger partial charge in [-0.2, -0.15) is 0 Å². The van der Waals surface area contributed by atoms with Crippen LogP contribution in [0.2, 0.25) is 0 Å². The highest BCUT2D eigenvalue weighted by Crippen LogP contribution is 2.44. The van der Waals surface area contributed by atoms with Crippen LogP contribution in [0.15, 0.2) is 60.7 Å². The molecule has 0 heterocycles. The van der Waals surface area contributed by atoms with Crippen molar-refractivity contribution in [3.8, 4) is 22.3 Å². The van der Waals surface area contributed by atoms with E-state index in [4.69, 9.17) is 0 Å². The topological polar surface area (TPSA) is 103 Å². The van der Waals surface area contributed by atoms with Gasteiger partial charge in [-0.1, -0.05) is 30.3 Å². The Kier molecular flexibility index (Phi) is 3.37. The molecule has 126 valence electrons. The molecular formula is C19H10N2O5. The van der Waals surface area contributed by atoms with Crippen LogP contribution in [0.3, 0.4) is 0 Å². The molecule has 0 bridgehead atoms. The van der Waals surface area contributed by atoms with Gasteiger partial charge < -0.3 is 0 Å². The number of ketones is 1. The summed E-state index contributed by atoms with van der Waals surface area (Å²) in [6, 6.07) is 15.4. The van der Waals surface area contributed by atoms with Crippen LogP contribution in [-0.2, 0) is 0 Å². The second-order valence-corrected chi connectivity index (χ2v) is 5.82. The van der Waals surface area contributed by atoms with E-state index in [-0.39, 0.29) is 22.7 Å². The van der Waals surface area contributed by atoms with E-state index in [0.717, 1.165) is 0 Å². The molecule has 0 radical (unpaired) electrons. The van der Waals surface area contributed by atoms with Crippen molar-refractivity contribution in [2.24, 2.45) is 0 Å². The van der Waals surface area contributed by atoms with Crippen molar-refractivity contribution in [3.05, 3.63) is 92.0 Å². The Bertz CT molecular complexity index is 1120. The number of hydrogen-bond donors (Lipinski definition) is 0. The molecule has 3 aromatic carbocycles. The van der Waals surface area contributed by atoms with Gasteiger partial charge in [-0.05, 0) is 23.3 Å². The van der Waals surface area contributed by atoms with Crippen molar-refractivity contribution < 1.29 is 14.6 Å². The van der Waals surface area contributed by atoms with Crippen molar-refractivity contribution in [2.45, 2.75) is 0 Å². The van der Waals surface area contributed by atoms with Crippen LogP contribution in [0.5, 0.6) is 0 Å². The van der Waals surface area contributed by atoms with Gasteiger partial charge in [0.25, 0.3) is 11.4 Å². The number of fused-ring (bicyclic) bond motifs is 3. The first-order valence-corrected chi connectivity index (χ1v) is 7.69. The van der Waals surface area contributed by atoms with E-state index in [0.29, 0.717) is 27.8 Å². The SMILES string of the molecule is O=C1c2cc([N+](=O)[O-])ccc2-c2cccc(-c3ccccc3[N+](=O)[O-])c21. The second kappa shape index (κ2) is 5.59. The Morgan fingerprint density at radius 1 is 0.654 bits per heavy atom. The van der Waals surface area contributed by atoms with Crippen LogP contribution >= 0.6 is 0 Å². The summed E-state index contributed by atoms with van der Waals surface area (Å²) in [5.74, 6) is -0.368. The number of non-ortho nitro benzene ring substituents is 1. The number of nitro benzene ring substituents is 2. The van der Waals surface area contributed by atoms with Crippen molar-refractivity contribution >= 4 is 17.2 Å². The van der Waals surface area contributed by atoms with E-state index < -0.39 is 9.85 Å². The molecule has 0 amide bonds. The summed E-state index contributed by atoms with van der Waals surface area (Å²) in [6.45, 7) is 0. The number of benzene rings is 3. The highest BCUT2D eigenvalue weighted by molar-refractivity contribution is 6.25. The molecule has 4 rings (SSSR count). The molecule has 0 saturated carbocycles. The summed E-state index contributed by atoms with van der Waals surface area (Å²) in [7, 11) is 0. The van der Waals surface area contributed by atoms with Gasteiger partial charge in [-0.25, -0.2) is 0 Å². The van der Waals surface area contributed by atoms with Crippen LogP contribution in [0.1, 0.15) is 15.9 Å². The predicted octanol–water partition coefficient (Wildman–Crippen LogP) is 4.38. The number of carbonyl (C=O) groups excluding carboxylic acids is 1. The van der Waals surface area contributed by atoms with Crippen LogP contribution in [0.25, 0.3) is 22.3 Å². The predicted molar refractivity (Wildman–Crippen MR) is 94.1 cm³/mol. The van der Waals surface area contributed by atoms with Crippen molar-refractivity contribution in [1.29, 1.82) is 0 Å². The molecule has 0 fully saturated rings. The minimum absolute atomic E-state index is 0.101. The number of carbonyl (C=O) groups is 1. The molecule has 1 aliphatic carbocycles. The van der Waals surface area contributed by atoms with Gasteiger partial charge >= 0.3 is 0 Å². The summed E-state index contributed by atoms with van der Waals surface area (Å²) < 4.78 is 0. The smallest absolute Gasteiger partial charge is 0.277 e. The number of nitrogens with zero attached hydrogens (tertiary/aromatic N) is 2. The van der Waals surface area contributed by atoms with Crippen molar-refractivity contribution in [1.82, 2.24) is 0 Å². The Morgan fingerprint density at radius 3 is 2.00 bits per heavy atom. The average molecular weight is 346 g/mol. The summed E-state index contributed by atoms with van der Waals surface area (Å²) >= 11 is 0. The lowest BCUT2D eigenvalue weighted by Gasteiger charge is -2.08. The summed E-state index contributed by atoms with van der Waals surface area (Å²) in [4.78, 5) is 34.3. The molecule has 7 nitrogen and oxygen atoms in total.